The van der Waals surface area contributed by atoms with Gasteiger partial charge in [-0.15, -0.1) is 12.4 Å². The van der Waals surface area contributed by atoms with Crippen LogP contribution < -0.4 is 5.32 Å². The van der Waals surface area contributed by atoms with Gasteiger partial charge in [0.25, 0.3) is 0 Å². The SMILES string of the molecule is CCCN(C1CCNCC1)S(=O)(=O)c1c(C)noc1C.Cl. The molecule has 1 fully saturated rings. The molecule has 21 heavy (non-hydrogen) atoms. The predicted molar refractivity (Wildman–Crippen MR) is 83.3 cm³/mol. The summed E-state index contributed by atoms with van der Waals surface area (Å²) in [5.74, 6) is 0.373. The number of halogens is 1. The summed E-state index contributed by atoms with van der Waals surface area (Å²) in [6, 6.07) is 0.0647. The summed E-state index contributed by atoms with van der Waals surface area (Å²) in [4.78, 5) is 0.240. The first-order valence-electron chi connectivity index (χ1n) is 7.14. The molecule has 122 valence electrons. The van der Waals surface area contributed by atoms with E-state index < -0.39 is 10.0 Å². The molecule has 2 heterocycles. The predicted octanol–water partition coefficient (Wildman–Crippen LogP) is 1.87. The molecule has 1 N–H and O–H groups in total. The maximum Gasteiger partial charge on any atom is 0.248 e. The van der Waals surface area contributed by atoms with E-state index in [4.69, 9.17) is 4.52 Å². The standard InChI is InChI=1S/C13H23N3O3S.ClH/c1-4-9-16(12-5-7-14-8-6-12)20(17,18)13-10(2)15-19-11(13)3;/h12,14H,4-9H2,1-3H3;1H. The minimum Gasteiger partial charge on any atom is -0.360 e. The van der Waals surface area contributed by atoms with Crippen molar-refractivity contribution in [1.29, 1.82) is 0 Å². The average Bonchev–Trinajstić information content (AvgIpc) is 2.77. The molecule has 0 amide bonds. The summed E-state index contributed by atoms with van der Waals surface area (Å²) in [5.41, 5.74) is 0.442. The second-order valence-electron chi connectivity index (χ2n) is 5.25. The van der Waals surface area contributed by atoms with Crippen molar-refractivity contribution in [3.05, 3.63) is 11.5 Å². The lowest BCUT2D eigenvalue weighted by atomic mass is 10.1. The van der Waals surface area contributed by atoms with Crippen molar-refractivity contribution in [3.8, 4) is 0 Å². The monoisotopic (exact) mass is 337 g/mol. The third kappa shape index (κ3) is 3.77. The topological polar surface area (TPSA) is 75.4 Å². The van der Waals surface area contributed by atoms with Crippen molar-refractivity contribution in [3.63, 3.8) is 0 Å². The zero-order valence-corrected chi connectivity index (χ0v) is 14.4. The maximum absolute atomic E-state index is 12.9. The summed E-state index contributed by atoms with van der Waals surface area (Å²) in [7, 11) is -3.53. The smallest absolute Gasteiger partial charge is 0.248 e. The Hall–Kier alpha value is -0.630. The van der Waals surface area contributed by atoms with E-state index in [1.165, 1.54) is 0 Å². The van der Waals surface area contributed by atoms with Crippen molar-refractivity contribution < 1.29 is 12.9 Å². The third-order valence-corrected chi connectivity index (χ3v) is 5.89. The summed E-state index contributed by atoms with van der Waals surface area (Å²) < 4.78 is 32.5. The van der Waals surface area contributed by atoms with Gasteiger partial charge in [-0.2, -0.15) is 4.31 Å². The van der Waals surface area contributed by atoms with Gasteiger partial charge in [0.15, 0.2) is 5.76 Å². The van der Waals surface area contributed by atoms with Crippen LogP contribution in [0.2, 0.25) is 0 Å². The first-order chi connectivity index (χ1) is 9.48. The number of nitrogens with one attached hydrogen (secondary N) is 1. The van der Waals surface area contributed by atoms with Gasteiger partial charge in [-0.25, -0.2) is 8.42 Å². The van der Waals surface area contributed by atoms with Crippen LogP contribution in [-0.2, 0) is 10.0 Å². The first kappa shape index (κ1) is 18.4. The quantitative estimate of drug-likeness (QED) is 0.887. The van der Waals surface area contributed by atoms with Crippen LogP contribution in [0.4, 0.5) is 0 Å². The molecule has 0 aromatic carbocycles. The lowest BCUT2D eigenvalue weighted by Gasteiger charge is -2.33. The fourth-order valence-electron chi connectivity index (χ4n) is 2.77. The van der Waals surface area contributed by atoms with E-state index in [0.717, 1.165) is 32.4 Å². The minimum absolute atomic E-state index is 0. The summed E-state index contributed by atoms with van der Waals surface area (Å²) >= 11 is 0. The molecule has 0 spiro atoms. The molecular formula is C13H24ClN3O3S. The molecule has 8 heteroatoms. The maximum atomic E-state index is 12.9. The molecule has 0 radical (unpaired) electrons. The van der Waals surface area contributed by atoms with Gasteiger partial charge in [0.2, 0.25) is 10.0 Å². The minimum atomic E-state index is -3.53. The lowest BCUT2D eigenvalue weighted by molar-refractivity contribution is 0.262. The van der Waals surface area contributed by atoms with Crippen LogP contribution in [0.5, 0.6) is 0 Å². The van der Waals surface area contributed by atoms with Crippen LogP contribution in [-0.4, -0.2) is 43.6 Å². The van der Waals surface area contributed by atoms with Gasteiger partial charge in [0, 0.05) is 12.6 Å². The zero-order valence-electron chi connectivity index (χ0n) is 12.8. The number of aromatic nitrogens is 1. The Balaban J connectivity index is 0.00000220. The van der Waals surface area contributed by atoms with Crippen LogP contribution in [0.25, 0.3) is 0 Å². The Morgan fingerprint density at radius 3 is 2.43 bits per heavy atom. The number of hydrogen-bond donors (Lipinski definition) is 1. The van der Waals surface area contributed by atoms with E-state index in [1.54, 1.807) is 18.2 Å². The van der Waals surface area contributed by atoms with E-state index in [9.17, 15) is 8.42 Å². The molecule has 1 aliphatic rings. The molecule has 0 aliphatic carbocycles. The van der Waals surface area contributed by atoms with E-state index in [2.05, 4.69) is 10.5 Å². The normalized spacial score (nSPS) is 17.0. The number of rotatable bonds is 5. The van der Waals surface area contributed by atoms with Crippen molar-refractivity contribution in [2.24, 2.45) is 0 Å². The highest BCUT2D eigenvalue weighted by molar-refractivity contribution is 7.89. The van der Waals surface area contributed by atoms with Gasteiger partial charge < -0.3 is 9.84 Å². The lowest BCUT2D eigenvalue weighted by Crippen LogP contribution is -2.46. The van der Waals surface area contributed by atoms with Crippen LogP contribution >= 0.6 is 12.4 Å². The zero-order chi connectivity index (χ0) is 14.8. The second-order valence-corrected chi connectivity index (χ2v) is 7.08. The highest BCUT2D eigenvalue weighted by Crippen LogP contribution is 2.27. The molecule has 1 saturated heterocycles. The van der Waals surface area contributed by atoms with E-state index in [0.29, 0.717) is 18.0 Å². The molecule has 2 rings (SSSR count). The Morgan fingerprint density at radius 1 is 1.33 bits per heavy atom. The average molecular weight is 338 g/mol. The molecule has 0 unspecified atom stereocenters. The Morgan fingerprint density at radius 2 is 1.95 bits per heavy atom. The van der Waals surface area contributed by atoms with Gasteiger partial charge in [-0.05, 0) is 46.2 Å². The van der Waals surface area contributed by atoms with Gasteiger partial charge >= 0.3 is 0 Å². The first-order valence-corrected chi connectivity index (χ1v) is 8.58. The van der Waals surface area contributed by atoms with E-state index >= 15 is 0 Å². The number of nitrogens with zero attached hydrogens (tertiary/aromatic N) is 2. The number of aryl methyl sites for hydroxylation is 2. The third-order valence-electron chi connectivity index (χ3n) is 3.69. The summed E-state index contributed by atoms with van der Waals surface area (Å²) in [6.45, 7) is 7.59. The largest absolute Gasteiger partial charge is 0.360 e. The fraction of sp³-hybridized carbons (Fsp3) is 0.769. The van der Waals surface area contributed by atoms with Gasteiger partial charge in [0.1, 0.15) is 10.6 Å². The van der Waals surface area contributed by atoms with Crippen LogP contribution in [0.3, 0.4) is 0 Å². The molecular weight excluding hydrogens is 314 g/mol. The summed E-state index contributed by atoms with van der Waals surface area (Å²) in [5, 5.41) is 7.05. The Bertz CT molecular complexity index is 534. The fourth-order valence-corrected chi connectivity index (χ4v) is 4.85. The van der Waals surface area contributed by atoms with Crippen molar-refractivity contribution in [2.75, 3.05) is 19.6 Å². The number of piperidine rings is 1. The molecule has 0 atom stereocenters. The van der Waals surface area contributed by atoms with Gasteiger partial charge in [-0.1, -0.05) is 12.1 Å². The number of sulfonamides is 1. The van der Waals surface area contributed by atoms with E-state index in [-0.39, 0.29) is 23.3 Å². The Labute approximate surface area is 132 Å². The van der Waals surface area contributed by atoms with Crippen LogP contribution in [0.1, 0.15) is 37.6 Å². The van der Waals surface area contributed by atoms with Gasteiger partial charge in [-0.3, -0.25) is 0 Å². The second kappa shape index (κ2) is 7.58. The van der Waals surface area contributed by atoms with Crippen molar-refractivity contribution in [1.82, 2.24) is 14.8 Å². The van der Waals surface area contributed by atoms with Crippen molar-refractivity contribution in [2.45, 2.75) is 51.0 Å². The van der Waals surface area contributed by atoms with E-state index in [1.807, 2.05) is 6.92 Å². The number of hydrogen-bond acceptors (Lipinski definition) is 5. The molecule has 1 aromatic rings. The van der Waals surface area contributed by atoms with Gasteiger partial charge in [0.05, 0.1) is 0 Å². The van der Waals surface area contributed by atoms with Crippen LogP contribution in [0.15, 0.2) is 9.42 Å². The molecule has 0 bridgehead atoms. The summed E-state index contributed by atoms with van der Waals surface area (Å²) in [6.07, 6.45) is 2.50. The molecule has 1 aliphatic heterocycles. The van der Waals surface area contributed by atoms with Crippen LogP contribution in [0, 0.1) is 13.8 Å². The molecule has 0 saturated carbocycles. The molecule has 1 aromatic heterocycles. The van der Waals surface area contributed by atoms with Crippen molar-refractivity contribution >= 4 is 22.4 Å². The Kier molecular flexibility index (Phi) is 6.65. The highest BCUT2D eigenvalue weighted by atomic mass is 35.5. The highest BCUT2D eigenvalue weighted by Gasteiger charge is 2.35. The molecule has 6 nitrogen and oxygen atoms in total.